The van der Waals surface area contributed by atoms with Crippen molar-refractivity contribution in [2.45, 2.75) is 19.8 Å². The van der Waals surface area contributed by atoms with Crippen molar-refractivity contribution in [3.63, 3.8) is 0 Å². The van der Waals surface area contributed by atoms with Crippen LogP contribution in [0, 0.1) is 24.6 Å². The van der Waals surface area contributed by atoms with E-state index >= 15 is 0 Å². The van der Waals surface area contributed by atoms with Gasteiger partial charge in [0.1, 0.15) is 6.54 Å². The van der Waals surface area contributed by atoms with Gasteiger partial charge < -0.3 is 24.5 Å². The minimum absolute atomic E-state index is 0.0244. The Morgan fingerprint density at radius 1 is 1.11 bits per heavy atom. The average Bonchev–Trinajstić information content (AvgIpc) is 3.60. The molecule has 13 heteroatoms. The number of aromatic nitrogens is 4. The van der Waals surface area contributed by atoms with E-state index in [2.05, 4.69) is 37.3 Å². The van der Waals surface area contributed by atoms with E-state index in [0.29, 0.717) is 51.1 Å². The van der Waals surface area contributed by atoms with Gasteiger partial charge in [-0.15, -0.1) is 21.5 Å². The Morgan fingerprint density at radius 2 is 1.91 bits per heavy atom. The largest absolute Gasteiger partial charge is 0.491 e. The fraction of sp³-hybridized carbons (Fsp3) is 0.281. The standard InChI is InChI=1S/C32H32FN7O3S2/c1-20-18-27(37-38-29(20)36-31-34-23-11-6-7-12-25(23)44-31)39(2)32-35-28(30(41)42)26(45-32)13-9-17-43-24-15-14-21(19-22(24)33)10-8-16-40(3,4)5/h6-7,11-12,14-15,18-19H,9,13,16-17H2,1-5H3,(H-,34,36,38,41,42)/p+1. The van der Waals surface area contributed by atoms with Gasteiger partial charge in [0.05, 0.1) is 38.0 Å². The maximum atomic E-state index is 14.6. The van der Waals surface area contributed by atoms with Gasteiger partial charge in [0, 0.05) is 17.5 Å². The lowest BCUT2D eigenvalue weighted by Gasteiger charge is -2.19. The van der Waals surface area contributed by atoms with Crippen molar-refractivity contribution in [3.05, 3.63) is 76.0 Å². The summed E-state index contributed by atoms with van der Waals surface area (Å²) in [7, 11) is 7.88. The third kappa shape index (κ3) is 8.10. The summed E-state index contributed by atoms with van der Waals surface area (Å²) in [5.41, 5.74) is 2.31. The van der Waals surface area contributed by atoms with Gasteiger partial charge in [-0.05, 0) is 67.6 Å². The zero-order valence-corrected chi connectivity index (χ0v) is 27.2. The number of nitrogens with one attached hydrogen (secondary N) is 1. The van der Waals surface area contributed by atoms with Crippen LogP contribution in [0.2, 0.25) is 0 Å². The molecule has 2 aromatic carbocycles. The lowest BCUT2D eigenvalue weighted by Crippen LogP contribution is -2.34. The van der Waals surface area contributed by atoms with Gasteiger partial charge in [-0.3, -0.25) is 0 Å². The second kappa shape index (κ2) is 13.6. The highest BCUT2D eigenvalue weighted by atomic mass is 32.1. The minimum atomic E-state index is -1.12. The molecular weight excluding hydrogens is 614 g/mol. The number of carboxylic acid groups (broad SMARTS) is 1. The normalized spacial score (nSPS) is 11.2. The fourth-order valence-electron chi connectivity index (χ4n) is 4.19. The first kappa shape index (κ1) is 31.8. The Bertz CT molecular complexity index is 1870. The molecule has 0 bridgehead atoms. The Kier molecular flexibility index (Phi) is 9.57. The quantitative estimate of drug-likeness (QED) is 0.0974. The number of carbonyl (C=O) groups is 1. The van der Waals surface area contributed by atoms with Crippen LogP contribution in [0.25, 0.3) is 10.2 Å². The van der Waals surface area contributed by atoms with Crippen LogP contribution in [0.5, 0.6) is 5.75 Å². The van der Waals surface area contributed by atoms with Gasteiger partial charge in [0.15, 0.2) is 39.2 Å². The van der Waals surface area contributed by atoms with Crippen LogP contribution in [0.15, 0.2) is 48.5 Å². The van der Waals surface area contributed by atoms with Gasteiger partial charge >= 0.3 is 5.97 Å². The number of rotatable bonds is 11. The number of anilines is 4. The molecule has 0 aliphatic heterocycles. The van der Waals surface area contributed by atoms with Crippen molar-refractivity contribution < 1.29 is 23.5 Å². The summed E-state index contributed by atoms with van der Waals surface area (Å²) in [4.78, 5) is 23.2. The number of ether oxygens (including phenoxy) is 1. The van der Waals surface area contributed by atoms with E-state index < -0.39 is 11.8 Å². The molecule has 0 saturated heterocycles. The second-order valence-electron chi connectivity index (χ2n) is 11.3. The van der Waals surface area contributed by atoms with Crippen molar-refractivity contribution in [1.29, 1.82) is 0 Å². The molecule has 45 heavy (non-hydrogen) atoms. The molecule has 0 unspecified atom stereocenters. The summed E-state index contributed by atoms with van der Waals surface area (Å²) in [6.07, 6.45) is 0.875. The van der Waals surface area contributed by atoms with E-state index in [-0.39, 0.29) is 18.1 Å². The Morgan fingerprint density at radius 3 is 2.62 bits per heavy atom. The van der Waals surface area contributed by atoms with E-state index in [1.807, 2.05) is 58.4 Å². The molecule has 0 aliphatic carbocycles. The Balaban J connectivity index is 1.20. The maximum Gasteiger partial charge on any atom is 0.355 e. The summed E-state index contributed by atoms with van der Waals surface area (Å²) >= 11 is 2.79. The van der Waals surface area contributed by atoms with Crippen LogP contribution < -0.4 is 15.0 Å². The van der Waals surface area contributed by atoms with Crippen molar-refractivity contribution >= 4 is 60.8 Å². The molecule has 0 spiro atoms. The van der Waals surface area contributed by atoms with E-state index in [1.165, 1.54) is 28.7 Å². The molecule has 5 rings (SSSR count). The van der Waals surface area contributed by atoms with Crippen LogP contribution in [0.4, 0.5) is 26.3 Å². The van der Waals surface area contributed by atoms with Crippen LogP contribution in [-0.2, 0) is 6.42 Å². The third-order valence-corrected chi connectivity index (χ3v) is 8.68. The zero-order chi connectivity index (χ0) is 32.1. The summed E-state index contributed by atoms with van der Waals surface area (Å²) in [6, 6.07) is 14.4. The summed E-state index contributed by atoms with van der Waals surface area (Å²) in [6.45, 7) is 2.77. The number of quaternary nitrogens is 1. The first-order valence-electron chi connectivity index (χ1n) is 14.1. The summed E-state index contributed by atoms with van der Waals surface area (Å²) < 4.78 is 22.0. The topological polar surface area (TPSA) is 113 Å². The van der Waals surface area contributed by atoms with Crippen LogP contribution in [0.3, 0.4) is 0 Å². The first-order valence-corrected chi connectivity index (χ1v) is 15.8. The lowest BCUT2D eigenvalue weighted by atomic mass is 10.2. The summed E-state index contributed by atoms with van der Waals surface area (Å²) in [5.74, 6) is 5.66. The molecule has 2 N–H and O–H groups in total. The third-order valence-electron chi connectivity index (χ3n) is 6.53. The minimum Gasteiger partial charge on any atom is -0.491 e. The van der Waals surface area contributed by atoms with Crippen LogP contribution >= 0.6 is 22.7 Å². The number of fused-ring (bicyclic) bond motifs is 1. The average molecular weight is 647 g/mol. The number of para-hydroxylation sites is 1. The number of hydrogen-bond acceptors (Lipinski definition) is 10. The number of aromatic carboxylic acids is 1. The highest BCUT2D eigenvalue weighted by Crippen LogP contribution is 2.33. The molecular formula is C32H33FN7O3S2+. The molecule has 5 aromatic rings. The number of carboxylic acids is 1. The number of halogens is 1. The van der Waals surface area contributed by atoms with Crippen LogP contribution in [-0.4, -0.2) is 77.1 Å². The molecule has 0 amide bonds. The predicted molar refractivity (Wildman–Crippen MR) is 177 cm³/mol. The molecule has 0 aliphatic rings. The fourth-order valence-corrected chi connectivity index (χ4v) is 6.12. The van der Waals surface area contributed by atoms with Crippen molar-refractivity contribution in [3.8, 4) is 17.6 Å². The molecule has 3 aromatic heterocycles. The maximum absolute atomic E-state index is 14.6. The molecule has 3 heterocycles. The van der Waals surface area contributed by atoms with E-state index in [9.17, 15) is 14.3 Å². The second-order valence-corrected chi connectivity index (χ2v) is 13.4. The molecule has 0 saturated carbocycles. The van der Waals surface area contributed by atoms with E-state index in [4.69, 9.17) is 4.74 Å². The predicted octanol–water partition coefficient (Wildman–Crippen LogP) is 6.27. The molecule has 0 radical (unpaired) electrons. The number of nitrogens with zero attached hydrogens (tertiary/aromatic N) is 6. The van der Waals surface area contributed by atoms with Gasteiger partial charge in [0.25, 0.3) is 0 Å². The number of benzene rings is 2. The zero-order valence-electron chi connectivity index (χ0n) is 25.6. The highest BCUT2D eigenvalue weighted by molar-refractivity contribution is 7.22. The first-order chi connectivity index (χ1) is 21.5. The number of aryl methyl sites for hydroxylation is 2. The number of thiazole rings is 2. The molecule has 0 fully saturated rings. The van der Waals surface area contributed by atoms with E-state index in [1.54, 1.807) is 24.1 Å². The monoisotopic (exact) mass is 646 g/mol. The van der Waals surface area contributed by atoms with Gasteiger partial charge in [-0.1, -0.05) is 29.4 Å². The van der Waals surface area contributed by atoms with Crippen LogP contribution in [0.1, 0.15) is 32.9 Å². The van der Waals surface area contributed by atoms with Gasteiger partial charge in [-0.25, -0.2) is 19.2 Å². The Hall–Kier alpha value is -4.64. The lowest BCUT2D eigenvalue weighted by molar-refractivity contribution is -0.862. The van der Waals surface area contributed by atoms with Gasteiger partial charge in [-0.2, -0.15) is 0 Å². The smallest absolute Gasteiger partial charge is 0.355 e. The van der Waals surface area contributed by atoms with Crippen molar-refractivity contribution in [2.75, 3.05) is 51.6 Å². The van der Waals surface area contributed by atoms with E-state index in [0.717, 1.165) is 20.9 Å². The van der Waals surface area contributed by atoms with Gasteiger partial charge in [0.2, 0.25) is 0 Å². The molecule has 10 nitrogen and oxygen atoms in total. The highest BCUT2D eigenvalue weighted by Gasteiger charge is 2.21. The Labute approximate surface area is 268 Å². The molecule has 0 atom stereocenters. The number of hydrogen-bond donors (Lipinski definition) is 2. The molecule has 232 valence electrons. The van der Waals surface area contributed by atoms with Crippen molar-refractivity contribution in [2.24, 2.45) is 0 Å². The van der Waals surface area contributed by atoms with Crippen molar-refractivity contribution in [1.82, 2.24) is 20.2 Å². The SMILES string of the molecule is Cc1cc(N(C)c2nc(C(=O)O)c(CCCOc3ccc(C#CC[N+](C)(C)C)cc3F)s2)nnc1Nc1nc2ccccc2s1. The summed E-state index contributed by atoms with van der Waals surface area (Å²) in [5, 5.41) is 22.9.